The molecule has 1 amide bonds. The van der Waals surface area contributed by atoms with Crippen LogP contribution in [0.5, 0.6) is 0 Å². The largest absolute Gasteiger partial charge is 0.356 e. The number of benzene rings is 1. The lowest BCUT2D eigenvalue weighted by molar-refractivity contribution is -0.121. The Kier molecular flexibility index (Phi) is 5.18. The van der Waals surface area contributed by atoms with Gasteiger partial charge < -0.3 is 9.88 Å². The minimum atomic E-state index is 0.00987. The van der Waals surface area contributed by atoms with Crippen LogP contribution in [0.25, 0.3) is 11.0 Å². The molecule has 1 aromatic carbocycles. The number of rotatable bonds is 6. The van der Waals surface area contributed by atoms with Gasteiger partial charge in [0, 0.05) is 19.5 Å². The fraction of sp³-hybridized carbons (Fsp3) is 0.400. The molecule has 0 radical (unpaired) electrons. The molecule has 1 heterocycles. The van der Waals surface area contributed by atoms with Crippen molar-refractivity contribution in [1.82, 2.24) is 14.9 Å². The molecule has 2 rings (SSSR count). The lowest BCUT2D eigenvalue weighted by atomic mass is 10.2. The first-order chi connectivity index (χ1) is 10.2. The number of aryl methyl sites for hydroxylation is 1. The number of aromatic nitrogens is 2. The summed E-state index contributed by atoms with van der Waals surface area (Å²) >= 11 is 5.93. The number of nitriles is 1. The monoisotopic (exact) mass is 304 g/mol. The average molecular weight is 305 g/mol. The van der Waals surface area contributed by atoms with Crippen molar-refractivity contribution in [3.8, 4) is 6.07 Å². The topological polar surface area (TPSA) is 70.7 Å². The molecule has 1 N–H and O–H groups in total. The number of imidazole rings is 1. The second-order valence-electron chi connectivity index (χ2n) is 4.73. The number of nitrogens with one attached hydrogen (secondary N) is 1. The van der Waals surface area contributed by atoms with Crippen molar-refractivity contribution < 1.29 is 4.79 Å². The molecule has 0 bridgehead atoms. The van der Waals surface area contributed by atoms with Crippen LogP contribution in [0.4, 0.5) is 0 Å². The second kappa shape index (κ2) is 7.09. The van der Waals surface area contributed by atoms with Gasteiger partial charge in [-0.05, 0) is 24.6 Å². The number of amides is 1. The van der Waals surface area contributed by atoms with E-state index in [2.05, 4.69) is 16.4 Å². The summed E-state index contributed by atoms with van der Waals surface area (Å²) in [6.07, 6.45) is 1.28. The first-order valence-electron chi connectivity index (χ1n) is 6.91. The van der Waals surface area contributed by atoms with Crippen LogP contribution in [0.1, 0.15) is 31.2 Å². The number of carbonyl (C=O) groups excluding carboxylic acids is 1. The molecule has 21 heavy (non-hydrogen) atoms. The van der Waals surface area contributed by atoms with Gasteiger partial charge in [0.1, 0.15) is 5.82 Å². The van der Waals surface area contributed by atoms with E-state index < -0.39 is 0 Å². The molecule has 0 fully saturated rings. The Bertz CT molecular complexity index is 687. The zero-order valence-corrected chi connectivity index (χ0v) is 12.7. The number of alkyl halides is 1. The summed E-state index contributed by atoms with van der Waals surface area (Å²) in [5, 5.41) is 11.8. The van der Waals surface area contributed by atoms with E-state index in [4.69, 9.17) is 16.9 Å². The number of hydrogen-bond acceptors (Lipinski definition) is 3. The Morgan fingerprint density at radius 2 is 2.33 bits per heavy atom. The van der Waals surface area contributed by atoms with Crippen LogP contribution in [0.3, 0.4) is 0 Å². The van der Waals surface area contributed by atoms with Gasteiger partial charge in [0.05, 0.1) is 28.5 Å². The molecule has 5 nitrogen and oxygen atoms in total. The highest BCUT2D eigenvalue weighted by Gasteiger charge is 2.12. The van der Waals surface area contributed by atoms with Gasteiger partial charge in [0.15, 0.2) is 0 Å². The highest BCUT2D eigenvalue weighted by atomic mass is 35.5. The fourth-order valence-electron chi connectivity index (χ4n) is 2.16. The van der Waals surface area contributed by atoms with Gasteiger partial charge in [0.2, 0.25) is 5.91 Å². The van der Waals surface area contributed by atoms with Gasteiger partial charge in [-0.25, -0.2) is 4.98 Å². The van der Waals surface area contributed by atoms with Crippen molar-refractivity contribution in [2.45, 2.75) is 32.2 Å². The summed E-state index contributed by atoms with van der Waals surface area (Å²) in [5.41, 5.74) is 2.20. The lowest BCUT2D eigenvalue weighted by Gasteiger charge is -2.08. The third-order valence-corrected chi connectivity index (χ3v) is 3.45. The zero-order valence-electron chi connectivity index (χ0n) is 11.9. The quantitative estimate of drug-likeness (QED) is 0.834. The van der Waals surface area contributed by atoms with Crippen LogP contribution in [-0.4, -0.2) is 22.0 Å². The minimum absolute atomic E-state index is 0.00987. The normalized spacial score (nSPS) is 10.5. The first kappa shape index (κ1) is 15.3. The second-order valence-corrected chi connectivity index (χ2v) is 5.00. The Balaban J connectivity index is 2.24. The van der Waals surface area contributed by atoms with Crippen molar-refractivity contribution in [1.29, 1.82) is 5.26 Å². The number of nitrogens with zero attached hydrogens (tertiary/aromatic N) is 3. The molecule has 0 spiro atoms. The fourth-order valence-corrected chi connectivity index (χ4v) is 2.36. The highest BCUT2D eigenvalue weighted by molar-refractivity contribution is 6.16. The van der Waals surface area contributed by atoms with E-state index in [1.165, 1.54) is 0 Å². The van der Waals surface area contributed by atoms with Crippen LogP contribution in [0.2, 0.25) is 0 Å². The van der Waals surface area contributed by atoms with E-state index in [9.17, 15) is 4.79 Å². The smallest absolute Gasteiger partial charge is 0.221 e. The van der Waals surface area contributed by atoms with E-state index in [1.54, 1.807) is 18.2 Å². The summed E-state index contributed by atoms with van der Waals surface area (Å²) in [4.78, 5) is 16.2. The SMILES string of the molecule is CCCNC(=O)CCn1c(CCl)nc2ccc(C#N)cc21. The van der Waals surface area contributed by atoms with Crippen molar-refractivity contribution in [2.75, 3.05) is 6.54 Å². The summed E-state index contributed by atoms with van der Waals surface area (Å²) < 4.78 is 1.91. The maximum Gasteiger partial charge on any atom is 0.221 e. The molecular formula is C15H17ClN4O. The molecule has 0 aliphatic rings. The van der Waals surface area contributed by atoms with Crippen LogP contribution in [0, 0.1) is 11.3 Å². The molecule has 0 unspecified atom stereocenters. The number of halogens is 1. The number of carbonyl (C=O) groups is 1. The van der Waals surface area contributed by atoms with Gasteiger partial charge >= 0.3 is 0 Å². The number of fused-ring (bicyclic) bond motifs is 1. The first-order valence-corrected chi connectivity index (χ1v) is 7.45. The van der Waals surface area contributed by atoms with Gasteiger partial charge in [-0.15, -0.1) is 11.6 Å². The Labute approximate surface area is 128 Å². The van der Waals surface area contributed by atoms with E-state index in [0.29, 0.717) is 30.9 Å². The lowest BCUT2D eigenvalue weighted by Crippen LogP contribution is -2.25. The summed E-state index contributed by atoms with van der Waals surface area (Å²) in [7, 11) is 0. The predicted molar refractivity (Wildman–Crippen MR) is 81.9 cm³/mol. The van der Waals surface area contributed by atoms with Crippen molar-refractivity contribution in [2.24, 2.45) is 0 Å². The average Bonchev–Trinajstić information content (AvgIpc) is 2.87. The highest BCUT2D eigenvalue weighted by Crippen LogP contribution is 2.19. The molecule has 2 aromatic rings. The summed E-state index contributed by atoms with van der Waals surface area (Å²) in [6.45, 7) is 3.20. The number of hydrogen-bond donors (Lipinski definition) is 1. The maximum absolute atomic E-state index is 11.7. The third-order valence-electron chi connectivity index (χ3n) is 3.21. The van der Waals surface area contributed by atoms with Gasteiger partial charge in [-0.3, -0.25) is 4.79 Å². The van der Waals surface area contributed by atoms with Crippen LogP contribution < -0.4 is 5.32 Å². The molecule has 0 aliphatic carbocycles. The minimum Gasteiger partial charge on any atom is -0.356 e. The van der Waals surface area contributed by atoms with Gasteiger partial charge in [-0.2, -0.15) is 5.26 Å². The van der Waals surface area contributed by atoms with E-state index >= 15 is 0 Å². The Morgan fingerprint density at radius 3 is 3.00 bits per heavy atom. The van der Waals surface area contributed by atoms with Gasteiger partial charge in [-0.1, -0.05) is 6.92 Å². The molecule has 0 aliphatic heterocycles. The van der Waals surface area contributed by atoms with E-state index in [1.807, 2.05) is 11.5 Å². The zero-order chi connectivity index (χ0) is 15.2. The van der Waals surface area contributed by atoms with E-state index in [-0.39, 0.29) is 11.8 Å². The van der Waals surface area contributed by atoms with Crippen LogP contribution in [0.15, 0.2) is 18.2 Å². The van der Waals surface area contributed by atoms with Crippen molar-refractivity contribution in [3.63, 3.8) is 0 Å². The van der Waals surface area contributed by atoms with E-state index in [0.717, 1.165) is 17.5 Å². The summed E-state index contributed by atoms with van der Waals surface area (Å²) in [5.74, 6) is 0.994. The molecule has 0 saturated carbocycles. The summed E-state index contributed by atoms with van der Waals surface area (Å²) in [6, 6.07) is 7.42. The molecule has 6 heteroatoms. The molecule has 110 valence electrons. The molecule has 0 saturated heterocycles. The molecule has 1 aromatic heterocycles. The standard InChI is InChI=1S/C15H17ClN4O/c1-2-6-18-15(21)5-7-20-13-8-11(10-17)3-4-12(13)19-14(20)9-16/h3-4,8H,2,5-7,9H2,1H3,(H,18,21). The molecular weight excluding hydrogens is 288 g/mol. The van der Waals surface area contributed by atoms with Crippen LogP contribution in [-0.2, 0) is 17.2 Å². The van der Waals surface area contributed by atoms with Crippen molar-refractivity contribution in [3.05, 3.63) is 29.6 Å². The molecule has 0 atom stereocenters. The Hall–Kier alpha value is -2.06. The van der Waals surface area contributed by atoms with Crippen molar-refractivity contribution >= 4 is 28.5 Å². The Morgan fingerprint density at radius 1 is 1.52 bits per heavy atom. The third kappa shape index (κ3) is 3.53. The van der Waals surface area contributed by atoms with Gasteiger partial charge in [0.25, 0.3) is 0 Å². The maximum atomic E-state index is 11.7. The van der Waals surface area contributed by atoms with Crippen LogP contribution >= 0.6 is 11.6 Å². The predicted octanol–water partition coefficient (Wildman–Crippen LogP) is 2.56.